The molecule has 0 aliphatic rings. The van der Waals surface area contributed by atoms with Gasteiger partial charge in [0.1, 0.15) is 0 Å². The number of carboxylic acids is 1. The lowest BCUT2D eigenvalue weighted by Gasteiger charge is -2.29. The number of fused-ring (bicyclic) bond motifs is 1. The summed E-state index contributed by atoms with van der Waals surface area (Å²) in [5.74, 6) is -1.23. The molecule has 4 nitrogen and oxygen atoms in total. The topological polar surface area (TPSA) is 50.9 Å². The Kier molecular flexibility index (Phi) is 6.03. The van der Waals surface area contributed by atoms with E-state index in [-0.39, 0.29) is 11.3 Å². The Morgan fingerprint density at radius 2 is 1.75 bits per heavy atom. The summed E-state index contributed by atoms with van der Waals surface area (Å²) in [5, 5.41) is 11.4. The van der Waals surface area contributed by atoms with Gasteiger partial charge in [-0.25, -0.2) is 9.64 Å². The van der Waals surface area contributed by atoms with Gasteiger partial charge in [-0.15, -0.1) is 0 Å². The first-order valence-corrected chi connectivity index (χ1v) is 9.85. The average molecular weight is 441 g/mol. The second-order valence-electron chi connectivity index (χ2n) is 8.49. The second kappa shape index (κ2) is 8.29. The van der Waals surface area contributed by atoms with E-state index >= 15 is 0 Å². The number of hydrogen-bond donors (Lipinski definition) is 1. The van der Waals surface area contributed by atoms with E-state index in [9.17, 15) is 23.1 Å². The predicted octanol–water partition coefficient (Wildman–Crippen LogP) is 7.33. The Morgan fingerprint density at radius 3 is 2.31 bits per heavy atom. The van der Waals surface area contributed by atoms with E-state index in [0.29, 0.717) is 22.1 Å². The molecule has 0 aromatic heterocycles. The zero-order chi connectivity index (χ0) is 23.8. The van der Waals surface area contributed by atoms with Gasteiger partial charge in [-0.2, -0.15) is 13.2 Å². The molecule has 0 heterocycles. The summed E-state index contributed by atoms with van der Waals surface area (Å²) in [6.07, 6.45) is -5.98. The first kappa shape index (κ1) is 23.3. The molecule has 3 rings (SSSR count). The third-order valence-corrected chi connectivity index (χ3v) is 4.97. The monoisotopic (exact) mass is 441 g/mol. The molecule has 0 saturated carbocycles. The van der Waals surface area contributed by atoms with Crippen LogP contribution in [0.15, 0.2) is 48.5 Å². The fourth-order valence-electron chi connectivity index (χ4n) is 3.73. The number of benzene rings is 3. The fourth-order valence-corrected chi connectivity index (χ4v) is 3.73. The van der Waals surface area contributed by atoms with Crippen molar-refractivity contribution in [3.63, 3.8) is 0 Å². The van der Waals surface area contributed by atoms with Crippen LogP contribution in [-0.4, -0.2) is 16.7 Å². The predicted molar refractivity (Wildman–Crippen MR) is 117 cm³/mol. The van der Waals surface area contributed by atoms with Gasteiger partial charge in [0.2, 0.25) is 0 Å². The standard InChI is InChI=1S/C25H22F3NO3/c1-14-12-15-8-6-7-9-17(15)21(20(14)22(23(30)31)32-24(2,3)4)18-11-10-16(25(26,27)28)13-19(18)29-5/h6-13,22H,1-4H3,(H,30,31)/t22-/m0/s1. The van der Waals surface area contributed by atoms with Crippen LogP contribution in [0.1, 0.15) is 43.6 Å². The molecule has 0 fully saturated rings. The molecule has 0 saturated heterocycles. The van der Waals surface area contributed by atoms with Crippen LogP contribution < -0.4 is 0 Å². The van der Waals surface area contributed by atoms with E-state index < -0.39 is 29.4 Å². The lowest BCUT2D eigenvalue weighted by atomic mass is 9.86. The minimum absolute atomic E-state index is 0.211. The van der Waals surface area contributed by atoms with Crippen molar-refractivity contribution in [3.05, 3.63) is 76.6 Å². The van der Waals surface area contributed by atoms with Gasteiger partial charge in [0.25, 0.3) is 0 Å². The number of halogens is 3. The lowest BCUT2D eigenvalue weighted by molar-refractivity contribution is -0.160. The van der Waals surface area contributed by atoms with Crippen LogP contribution in [0.5, 0.6) is 0 Å². The van der Waals surface area contributed by atoms with E-state index in [1.165, 1.54) is 6.07 Å². The molecule has 1 atom stereocenters. The molecule has 3 aromatic rings. The van der Waals surface area contributed by atoms with Crippen molar-refractivity contribution in [2.75, 3.05) is 0 Å². The normalized spacial score (nSPS) is 13.1. The van der Waals surface area contributed by atoms with Crippen molar-refractivity contribution in [2.24, 2.45) is 0 Å². The third kappa shape index (κ3) is 4.61. The number of alkyl halides is 3. The van der Waals surface area contributed by atoms with Crippen LogP contribution in [0, 0.1) is 13.5 Å². The molecule has 166 valence electrons. The Labute approximate surface area is 184 Å². The van der Waals surface area contributed by atoms with Crippen molar-refractivity contribution in [3.8, 4) is 11.1 Å². The summed E-state index contributed by atoms with van der Waals surface area (Å²) in [6, 6.07) is 11.9. The van der Waals surface area contributed by atoms with E-state index in [4.69, 9.17) is 11.3 Å². The first-order valence-electron chi connectivity index (χ1n) is 9.85. The quantitative estimate of drug-likeness (QED) is 0.432. The molecule has 0 amide bonds. The van der Waals surface area contributed by atoms with Gasteiger partial charge in [-0.3, -0.25) is 0 Å². The number of aryl methyl sites for hydroxylation is 1. The largest absolute Gasteiger partial charge is 0.479 e. The molecule has 0 aliphatic carbocycles. The maximum Gasteiger partial charge on any atom is 0.415 e. The highest BCUT2D eigenvalue weighted by Gasteiger charge is 2.34. The summed E-state index contributed by atoms with van der Waals surface area (Å²) < 4.78 is 45.6. The summed E-state index contributed by atoms with van der Waals surface area (Å²) >= 11 is 0. The molecule has 0 radical (unpaired) electrons. The Bertz CT molecular complexity index is 1230. The molecule has 0 bridgehead atoms. The summed E-state index contributed by atoms with van der Waals surface area (Å²) in [4.78, 5) is 15.6. The average Bonchev–Trinajstić information content (AvgIpc) is 2.69. The summed E-state index contributed by atoms with van der Waals surface area (Å²) in [6.45, 7) is 14.4. The lowest BCUT2D eigenvalue weighted by Crippen LogP contribution is -2.28. The zero-order valence-electron chi connectivity index (χ0n) is 18.0. The Hall–Kier alpha value is -3.37. The van der Waals surface area contributed by atoms with E-state index in [2.05, 4.69) is 4.85 Å². The SMILES string of the molecule is [C-]#[N+]c1cc(C(F)(F)F)ccc1-c1c([C@H](OC(C)(C)C)C(=O)O)c(C)cc2ccccc12. The van der Waals surface area contributed by atoms with Crippen LogP contribution in [0.4, 0.5) is 18.9 Å². The van der Waals surface area contributed by atoms with Crippen molar-refractivity contribution < 1.29 is 27.8 Å². The molecule has 1 N–H and O–H groups in total. The van der Waals surface area contributed by atoms with Gasteiger partial charge in [0.15, 0.2) is 11.8 Å². The minimum atomic E-state index is -4.60. The number of carboxylic acid groups (broad SMARTS) is 1. The van der Waals surface area contributed by atoms with Crippen LogP contribution in [0.3, 0.4) is 0 Å². The number of ether oxygens (including phenoxy) is 1. The summed E-state index contributed by atoms with van der Waals surface area (Å²) in [5.41, 5.74) is -0.421. The van der Waals surface area contributed by atoms with Crippen LogP contribution >= 0.6 is 0 Å². The number of nitrogens with zero attached hydrogens (tertiary/aromatic N) is 1. The van der Waals surface area contributed by atoms with Crippen molar-refractivity contribution in [1.29, 1.82) is 0 Å². The molecule has 3 aromatic carbocycles. The van der Waals surface area contributed by atoms with Gasteiger partial charge in [-0.05, 0) is 61.2 Å². The third-order valence-electron chi connectivity index (χ3n) is 4.97. The second-order valence-corrected chi connectivity index (χ2v) is 8.49. The van der Waals surface area contributed by atoms with E-state index in [1.807, 2.05) is 18.2 Å². The molecule has 0 spiro atoms. The van der Waals surface area contributed by atoms with Gasteiger partial charge in [0.05, 0.1) is 12.2 Å². The summed E-state index contributed by atoms with van der Waals surface area (Å²) in [7, 11) is 0. The Morgan fingerprint density at radius 1 is 1.09 bits per heavy atom. The highest BCUT2D eigenvalue weighted by Crippen LogP contribution is 2.45. The zero-order valence-corrected chi connectivity index (χ0v) is 18.0. The highest BCUT2D eigenvalue weighted by atomic mass is 19.4. The van der Waals surface area contributed by atoms with Crippen molar-refractivity contribution in [2.45, 2.75) is 45.6 Å². The molecular weight excluding hydrogens is 419 g/mol. The molecule has 0 aliphatic heterocycles. The van der Waals surface area contributed by atoms with Crippen LogP contribution in [0.25, 0.3) is 26.7 Å². The first-order chi connectivity index (χ1) is 14.8. The number of carbonyl (C=O) groups is 1. The fraction of sp³-hybridized carbons (Fsp3) is 0.280. The maximum absolute atomic E-state index is 13.3. The van der Waals surface area contributed by atoms with Crippen molar-refractivity contribution in [1.82, 2.24) is 0 Å². The molecule has 0 unspecified atom stereocenters. The molecular formula is C25H22F3NO3. The van der Waals surface area contributed by atoms with E-state index in [1.54, 1.807) is 39.8 Å². The van der Waals surface area contributed by atoms with Gasteiger partial charge in [0, 0.05) is 11.1 Å². The Balaban J connectivity index is 2.44. The number of aliphatic carboxylic acids is 1. The molecule has 32 heavy (non-hydrogen) atoms. The van der Waals surface area contributed by atoms with Gasteiger partial charge < -0.3 is 9.84 Å². The van der Waals surface area contributed by atoms with Gasteiger partial charge in [-0.1, -0.05) is 42.5 Å². The van der Waals surface area contributed by atoms with Crippen molar-refractivity contribution >= 4 is 22.4 Å². The molecule has 7 heteroatoms. The van der Waals surface area contributed by atoms with Gasteiger partial charge >= 0.3 is 12.1 Å². The van der Waals surface area contributed by atoms with Crippen LogP contribution in [0.2, 0.25) is 0 Å². The number of rotatable bonds is 4. The van der Waals surface area contributed by atoms with Crippen LogP contribution in [-0.2, 0) is 15.7 Å². The maximum atomic E-state index is 13.3. The minimum Gasteiger partial charge on any atom is -0.479 e. The number of hydrogen-bond acceptors (Lipinski definition) is 2. The smallest absolute Gasteiger partial charge is 0.415 e. The highest BCUT2D eigenvalue weighted by molar-refractivity contribution is 6.03. The van der Waals surface area contributed by atoms with E-state index in [0.717, 1.165) is 17.5 Å².